The lowest BCUT2D eigenvalue weighted by Crippen LogP contribution is -2.28. The average molecular weight is 297 g/mol. The molecular weight excluding hydrogens is 274 g/mol. The Labute approximate surface area is 120 Å². The summed E-state index contributed by atoms with van der Waals surface area (Å²) in [6.45, 7) is 6.30. The minimum Gasteiger partial charge on any atom is -0.328 e. The lowest BCUT2D eigenvalue weighted by atomic mass is 10.0. The SMILES string of the molecule is CC(C)c1nc(S(=O)(=O)NC2CC2)c2n1C(C)CCC2. The maximum absolute atomic E-state index is 12.5. The maximum atomic E-state index is 12.5. The molecule has 2 heterocycles. The fourth-order valence-corrected chi connectivity index (χ4v) is 4.49. The Bertz CT molecular complexity index is 615. The number of aromatic nitrogens is 2. The van der Waals surface area contributed by atoms with Gasteiger partial charge in [-0.3, -0.25) is 0 Å². The zero-order chi connectivity index (χ0) is 14.5. The first kappa shape index (κ1) is 14.1. The van der Waals surface area contributed by atoms with Crippen LogP contribution < -0.4 is 4.72 Å². The van der Waals surface area contributed by atoms with Gasteiger partial charge in [-0.1, -0.05) is 13.8 Å². The standard InChI is InChI=1S/C14H23N3O2S/c1-9(2)13-15-14(20(18,19)16-11-7-8-11)12-6-4-5-10(3)17(12)13/h9-11,16H,4-8H2,1-3H3. The molecular formula is C14H23N3O2S. The van der Waals surface area contributed by atoms with Crippen LogP contribution in [0.15, 0.2) is 5.03 Å². The summed E-state index contributed by atoms with van der Waals surface area (Å²) >= 11 is 0. The van der Waals surface area contributed by atoms with E-state index in [-0.39, 0.29) is 17.0 Å². The lowest BCUT2D eigenvalue weighted by Gasteiger charge is -2.25. The highest BCUT2D eigenvalue weighted by atomic mass is 32.2. The molecule has 1 aromatic heterocycles. The summed E-state index contributed by atoms with van der Waals surface area (Å²) < 4.78 is 29.9. The van der Waals surface area contributed by atoms with Crippen LogP contribution >= 0.6 is 0 Å². The molecule has 3 rings (SSSR count). The van der Waals surface area contributed by atoms with Crippen LogP contribution in [-0.2, 0) is 16.4 Å². The fraction of sp³-hybridized carbons (Fsp3) is 0.786. The van der Waals surface area contributed by atoms with E-state index in [1.54, 1.807) is 0 Å². The van der Waals surface area contributed by atoms with E-state index in [9.17, 15) is 8.42 Å². The van der Waals surface area contributed by atoms with Gasteiger partial charge in [-0.15, -0.1) is 0 Å². The predicted octanol–water partition coefficient (Wildman–Crippen LogP) is 2.34. The summed E-state index contributed by atoms with van der Waals surface area (Å²) in [6.07, 6.45) is 4.84. The molecule has 0 amide bonds. The minimum atomic E-state index is -3.46. The van der Waals surface area contributed by atoms with E-state index in [4.69, 9.17) is 0 Å². The number of sulfonamides is 1. The van der Waals surface area contributed by atoms with Crippen LogP contribution in [0.25, 0.3) is 0 Å². The number of fused-ring (bicyclic) bond motifs is 1. The number of hydrogen-bond donors (Lipinski definition) is 1. The van der Waals surface area contributed by atoms with Gasteiger partial charge in [-0.05, 0) is 39.0 Å². The molecule has 20 heavy (non-hydrogen) atoms. The number of hydrogen-bond acceptors (Lipinski definition) is 3. The van der Waals surface area contributed by atoms with Gasteiger partial charge in [-0.25, -0.2) is 18.1 Å². The lowest BCUT2D eigenvalue weighted by molar-refractivity contribution is 0.410. The summed E-state index contributed by atoms with van der Waals surface area (Å²) in [5.74, 6) is 1.14. The van der Waals surface area contributed by atoms with Crippen molar-refractivity contribution in [3.63, 3.8) is 0 Å². The molecule has 1 atom stereocenters. The van der Waals surface area contributed by atoms with Crippen molar-refractivity contribution in [3.8, 4) is 0 Å². The Hall–Kier alpha value is -0.880. The summed E-state index contributed by atoms with van der Waals surface area (Å²) in [5, 5.41) is 0.277. The van der Waals surface area contributed by atoms with Crippen LogP contribution in [0.4, 0.5) is 0 Å². The zero-order valence-electron chi connectivity index (χ0n) is 12.4. The Kier molecular flexibility index (Phi) is 3.41. The third-order valence-corrected chi connectivity index (χ3v) is 5.63. The van der Waals surface area contributed by atoms with Crippen molar-refractivity contribution in [1.29, 1.82) is 0 Å². The second-order valence-electron chi connectivity index (χ2n) is 6.38. The van der Waals surface area contributed by atoms with E-state index in [0.717, 1.165) is 43.6 Å². The number of nitrogens with one attached hydrogen (secondary N) is 1. The zero-order valence-corrected chi connectivity index (χ0v) is 13.2. The van der Waals surface area contributed by atoms with Gasteiger partial charge >= 0.3 is 0 Å². The fourth-order valence-electron chi connectivity index (χ4n) is 2.98. The second kappa shape index (κ2) is 4.84. The molecule has 0 spiro atoms. The van der Waals surface area contributed by atoms with Crippen LogP contribution in [0.3, 0.4) is 0 Å². The van der Waals surface area contributed by atoms with Gasteiger partial charge in [0.1, 0.15) is 5.82 Å². The smallest absolute Gasteiger partial charge is 0.260 e. The molecule has 5 nitrogen and oxygen atoms in total. The monoisotopic (exact) mass is 297 g/mol. The molecule has 0 radical (unpaired) electrons. The quantitative estimate of drug-likeness (QED) is 0.927. The van der Waals surface area contributed by atoms with Gasteiger partial charge < -0.3 is 4.57 Å². The highest BCUT2D eigenvalue weighted by Gasteiger charge is 2.35. The van der Waals surface area contributed by atoms with Crippen molar-refractivity contribution >= 4 is 10.0 Å². The highest BCUT2D eigenvalue weighted by molar-refractivity contribution is 7.89. The summed E-state index contributed by atoms with van der Waals surface area (Å²) in [4.78, 5) is 4.51. The van der Waals surface area contributed by atoms with Crippen molar-refractivity contribution < 1.29 is 8.42 Å². The van der Waals surface area contributed by atoms with Gasteiger partial charge in [-0.2, -0.15) is 0 Å². The van der Waals surface area contributed by atoms with E-state index < -0.39 is 10.0 Å². The van der Waals surface area contributed by atoms with Gasteiger partial charge in [0.25, 0.3) is 10.0 Å². The molecule has 1 aliphatic carbocycles. The summed E-state index contributed by atoms with van der Waals surface area (Å²) in [7, 11) is -3.46. The van der Waals surface area contributed by atoms with Crippen LogP contribution in [0.2, 0.25) is 0 Å². The Balaban J connectivity index is 2.09. The van der Waals surface area contributed by atoms with Crippen molar-refractivity contribution in [2.24, 2.45) is 0 Å². The third kappa shape index (κ3) is 2.39. The average Bonchev–Trinajstić information content (AvgIpc) is 3.05. The third-order valence-electron chi connectivity index (χ3n) is 4.15. The van der Waals surface area contributed by atoms with Gasteiger partial charge in [0, 0.05) is 18.0 Å². The molecule has 0 saturated heterocycles. The van der Waals surface area contributed by atoms with Crippen LogP contribution in [0.5, 0.6) is 0 Å². The van der Waals surface area contributed by atoms with Gasteiger partial charge in [0.05, 0.1) is 5.69 Å². The molecule has 112 valence electrons. The van der Waals surface area contributed by atoms with Gasteiger partial charge in [0.2, 0.25) is 0 Å². The Morgan fingerprint density at radius 1 is 1.30 bits per heavy atom. The van der Waals surface area contributed by atoms with E-state index in [1.807, 2.05) is 0 Å². The maximum Gasteiger partial charge on any atom is 0.260 e. The number of nitrogens with zero attached hydrogens (tertiary/aromatic N) is 2. The molecule has 1 fully saturated rings. The van der Waals surface area contributed by atoms with E-state index in [1.165, 1.54) is 0 Å². The summed E-state index contributed by atoms with van der Waals surface area (Å²) in [5.41, 5.74) is 0.903. The molecule has 0 bridgehead atoms. The predicted molar refractivity (Wildman–Crippen MR) is 77.3 cm³/mol. The van der Waals surface area contributed by atoms with Crippen molar-refractivity contribution in [3.05, 3.63) is 11.5 Å². The van der Waals surface area contributed by atoms with Crippen molar-refractivity contribution in [1.82, 2.24) is 14.3 Å². The first-order valence-electron chi connectivity index (χ1n) is 7.53. The van der Waals surface area contributed by atoms with E-state index in [0.29, 0.717) is 6.04 Å². The molecule has 6 heteroatoms. The van der Waals surface area contributed by atoms with Crippen LogP contribution in [0, 0.1) is 0 Å². The number of imidazole rings is 1. The van der Waals surface area contributed by atoms with Crippen molar-refractivity contribution in [2.75, 3.05) is 0 Å². The van der Waals surface area contributed by atoms with Crippen molar-refractivity contribution in [2.45, 2.75) is 75.9 Å². The topological polar surface area (TPSA) is 64.0 Å². The Morgan fingerprint density at radius 2 is 2.00 bits per heavy atom. The minimum absolute atomic E-state index is 0.126. The highest BCUT2D eigenvalue weighted by Crippen LogP contribution is 2.34. The first-order chi connectivity index (χ1) is 9.40. The molecule has 1 unspecified atom stereocenters. The summed E-state index contributed by atoms with van der Waals surface area (Å²) in [6, 6.07) is 0.467. The normalized spacial score (nSPS) is 23.1. The molecule has 2 aliphatic rings. The molecule has 0 aromatic carbocycles. The molecule has 1 aromatic rings. The van der Waals surface area contributed by atoms with Crippen LogP contribution in [0.1, 0.15) is 69.9 Å². The van der Waals surface area contributed by atoms with Gasteiger partial charge in [0.15, 0.2) is 5.03 Å². The Morgan fingerprint density at radius 3 is 2.60 bits per heavy atom. The van der Waals surface area contributed by atoms with Crippen LogP contribution in [-0.4, -0.2) is 24.0 Å². The van der Waals surface area contributed by atoms with E-state index in [2.05, 4.69) is 35.0 Å². The van der Waals surface area contributed by atoms with E-state index >= 15 is 0 Å². The second-order valence-corrected chi connectivity index (χ2v) is 8.01. The largest absolute Gasteiger partial charge is 0.328 e. The molecule has 1 aliphatic heterocycles. The molecule has 1 N–H and O–H groups in total. The first-order valence-corrected chi connectivity index (χ1v) is 9.02. The molecule has 1 saturated carbocycles. The number of rotatable bonds is 4.